The second kappa shape index (κ2) is 5.82. The first kappa shape index (κ1) is 14.8. The van der Waals surface area contributed by atoms with E-state index in [2.05, 4.69) is 9.72 Å². The molecule has 1 aromatic heterocycles. The number of carbonyl (C=O) groups is 1. The Morgan fingerprint density at radius 2 is 1.95 bits per heavy atom. The van der Waals surface area contributed by atoms with Crippen LogP contribution in [0.15, 0.2) is 42.6 Å². The van der Waals surface area contributed by atoms with E-state index >= 15 is 0 Å². The van der Waals surface area contributed by atoms with E-state index in [0.717, 1.165) is 0 Å². The Bertz CT molecular complexity index is 657. The van der Waals surface area contributed by atoms with Gasteiger partial charge >= 0.3 is 6.18 Å². The first-order chi connectivity index (χ1) is 9.87. The van der Waals surface area contributed by atoms with Crippen LogP contribution < -0.4 is 10.5 Å². The van der Waals surface area contributed by atoms with Gasteiger partial charge in [-0.2, -0.15) is 13.2 Å². The van der Waals surface area contributed by atoms with Crippen molar-refractivity contribution in [2.24, 2.45) is 5.73 Å². The van der Waals surface area contributed by atoms with E-state index in [4.69, 9.17) is 5.73 Å². The molecule has 110 valence electrons. The number of halogens is 3. The van der Waals surface area contributed by atoms with Crippen LogP contribution in [0.25, 0.3) is 11.3 Å². The average molecular weight is 296 g/mol. The molecule has 1 amide bonds. The summed E-state index contributed by atoms with van der Waals surface area (Å²) in [6.07, 6.45) is -3.12. The van der Waals surface area contributed by atoms with Crippen LogP contribution in [-0.4, -0.2) is 23.7 Å². The highest BCUT2D eigenvalue weighted by Gasteiger charge is 2.28. The van der Waals surface area contributed by atoms with Crippen LogP contribution in [0.4, 0.5) is 13.2 Å². The molecule has 0 aliphatic heterocycles. The summed E-state index contributed by atoms with van der Waals surface area (Å²) < 4.78 is 41.1. The number of aromatic nitrogens is 1. The molecule has 0 radical (unpaired) electrons. The predicted octanol–water partition coefficient (Wildman–Crippen LogP) is 2.79. The van der Waals surface area contributed by atoms with Gasteiger partial charge in [0, 0.05) is 23.4 Å². The van der Waals surface area contributed by atoms with E-state index in [1.807, 2.05) is 0 Å². The first-order valence-electron chi connectivity index (χ1n) is 5.91. The Kier molecular flexibility index (Phi) is 4.11. The summed E-state index contributed by atoms with van der Waals surface area (Å²) in [5.41, 5.74) is 6.24. The largest absolute Gasteiger partial charge is 0.484 e. The molecule has 0 unspecified atom stereocenters. The molecule has 21 heavy (non-hydrogen) atoms. The van der Waals surface area contributed by atoms with Crippen LogP contribution in [0.2, 0.25) is 0 Å². The number of carbonyl (C=O) groups excluding carboxylic acids is 1. The summed E-state index contributed by atoms with van der Waals surface area (Å²) in [4.78, 5) is 15.4. The molecule has 2 N–H and O–H groups in total. The third kappa shape index (κ3) is 3.95. The van der Waals surface area contributed by atoms with Gasteiger partial charge in [0.15, 0.2) is 6.61 Å². The van der Waals surface area contributed by atoms with E-state index in [9.17, 15) is 18.0 Å². The topological polar surface area (TPSA) is 65.2 Å². The Hall–Kier alpha value is -2.57. The van der Waals surface area contributed by atoms with Crippen LogP contribution in [0.3, 0.4) is 0 Å². The van der Waals surface area contributed by atoms with Gasteiger partial charge in [0.2, 0.25) is 5.91 Å². The molecule has 0 bridgehead atoms. The Morgan fingerprint density at radius 3 is 2.62 bits per heavy atom. The van der Waals surface area contributed by atoms with E-state index in [1.54, 1.807) is 18.2 Å². The second-order valence-corrected chi connectivity index (χ2v) is 4.19. The van der Waals surface area contributed by atoms with Gasteiger partial charge in [-0.15, -0.1) is 0 Å². The lowest BCUT2D eigenvalue weighted by Gasteiger charge is -2.11. The number of ether oxygens (including phenoxy) is 1. The number of nitrogens with two attached hydrogens (primary N) is 1. The molecule has 1 heterocycles. The van der Waals surface area contributed by atoms with Crippen molar-refractivity contribution >= 4 is 5.91 Å². The van der Waals surface area contributed by atoms with Gasteiger partial charge in [0.1, 0.15) is 5.75 Å². The van der Waals surface area contributed by atoms with Crippen molar-refractivity contribution in [3.05, 3.63) is 48.2 Å². The van der Waals surface area contributed by atoms with Crippen molar-refractivity contribution in [2.45, 2.75) is 6.18 Å². The van der Waals surface area contributed by atoms with E-state index < -0.39 is 18.7 Å². The maximum absolute atomic E-state index is 12.1. The number of nitrogens with zero attached hydrogens (tertiary/aromatic N) is 1. The molecule has 0 aliphatic rings. The SMILES string of the molecule is NC(=O)c1ccccc1-c1cc(OCC(F)(F)F)ccn1. The minimum absolute atomic E-state index is 0.0107. The molecule has 4 nitrogen and oxygen atoms in total. The van der Waals surface area contributed by atoms with Crippen molar-refractivity contribution in [3.8, 4) is 17.0 Å². The van der Waals surface area contributed by atoms with Gasteiger partial charge in [-0.05, 0) is 12.1 Å². The van der Waals surface area contributed by atoms with Gasteiger partial charge in [0.25, 0.3) is 0 Å². The molecule has 0 saturated carbocycles. The second-order valence-electron chi connectivity index (χ2n) is 4.19. The molecule has 0 spiro atoms. The summed E-state index contributed by atoms with van der Waals surface area (Å²) >= 11 is 0. The van der Waals surface area contributed by atoms with Crippen molar-refractivity contribution in [2.75, 3.05) is 6.61 Å². The van der Waals surface area contributed by atoms with E-state index in [-0.39, 0.29) is 11.3 Å². The van der Waals surface area contributed by atoms with E-state index in [1.165, 1.54) is 24.4 Å². The summed E-state index contributed by atoms with van der Waals surface area (Å²) in [6, 6.07) is 9.06. The number of rotatable bonds is 4. The lowest BCUT2D eigenvalue weighted by Crippen LogP contribution is -2.19. The van der Waals surface area contributed by atoms with Crippen molar-refractivity contribution in [1.29, 1.82) is 0 Å². The number of alkyl halides is 3. The minimum atomic E-state index is -4.42. The summed E-state index contributed by atoms with van der Waals surface area (Å²) in [7, 11) is 0. The zero-order valence-corrected chi connectivity index (χ0v) is 10.7. The molecule has 7 heteroatoms. The normalized spacial score (nSPS) is 11.2. The molecular weight excluding hydrogens is 285 g/mol. The number of hydrogen-bond acceptors (Lipinski definition) is 3. The maximum Gasteiger partial charge on any atom is 0.422 e. The van der Waals surface area contributed by atoms with Gasteiger partial charge in [-0.1, -0.05) is 18.2 Å². The van der Waals surface area contributed by atoms with Gasteiger partial charge in [-0.3, -0.25) is 9.78 Å². The lowest BCUT2D eigenvalue weighted by molar-refractivity contribution is -0.153. The fraction of sp³-hybridized carbons (Fsp3) is 0.143. The monoisotopic (exact) mass is 296 g/mol. The van der Waals surface area contributed by atoms with Crippen LogP contribution >= 0.6 is 0 Å². The fourth-order valence-electron chi connectivity index (χ4n) is 1.73. The van der Waals surface area contributed by atoms with Crippen molar-refractivity contribution in [1.82, 2.24) is 4.98 Å². The van der Waals surface area contributed by atoms with Crippen LogP contribution in [0.1, 0.15) is 10.4 Å². The fourth-order valence-corrected chi connectivity index (χ4v) is 1.73. The summed E-state index contributed by atoms with van der Waals surface area (Å²) in [5.74, 6) is -0.634. The molecule has 0 saturated heterocycles. The van der Waals surface area contributed by atoms with Crippen LogP contribution in [-0.2, 0) is 0 Å². The Balaban J connectivity index is 2.32. The Labute approximate surface area is 118 Å². The molecule has 2 rings (SSSR count). The van der Waals surface area contributed by atoms with Gasteiger partial charge < -0.3 is 10.5 Å². The highest BCUT2D eigenvalue weighted by Crippen LogP contribution is 2.25. The van der Waals surface area contributed by atoms with Gasteiger partial charge in [-0.25, -0.2) is 0 Å². The average Bonchev–Trinajstić information content (AvgIpc) is 2.45. The predicted molar refractivity (Wildman–Crippen MR) is 69.7 cm³/mol. The highest BCUT2D eigenvalue weighted by molar-refractivity contribution is 5.99. The van der Waals surface area contributed by atoms with Crippen LogP contribution in [0, 0.1) is 0 Å². The van der Waals surface area contributed by atoms with Crippen LogP contribution in [0.5, 0.6) is 5.75 Å². The molecule has 0 fully saturated rings. The minimum Gasteiger partial charge on any atom is -0.484 e. The maximum atomic E-state index is 12.1. The number of benzene rings is 1. The first-order valence-corrected chi connectivity index (χ1v) is 5.91. The quantitative estimate of drug-likeness (QED) is 0.943. The Morgan fingerprint density at radius 1 is 1.24 bits per heavy atom. The molecule has 2 aromatic rings. The molecule has 1 aromatic carbocycles. The van der Waals surface area contributed by atoms with Crippen molar-refractivity contribution in [3.63, 3.8) is 0 Å². The number of hydrogen-bond donors (Lipinski definition) is 1. The summed E-state index contributed by atoms with van der Waals surface area (Å²) in [5, 5.41) is 0. The highest BCUT2D eigenvalue weighted by atomic mass is 19.4. The molecular formula is C14H11F3N2O2. The standard InChI is InChI=1S/C14H11F3N2O2/c15-14(16,17)8-21-9-5-6-19-12(7-9)10-3-1-2-4-11(10)13(18)20/h1-7H,8H2,(H2,18,20). The zero-order chi connectivity index (χ0) is 15.5. The third-order valence-corrected chi connectivity index (χ3v) is 2.60. The molecule has 0 atom stereocenters. The number of primary amides is 1. The zero-order valence-electron chi connectivity index (χ0n) is 10.7. The smallest absolute Gasteiger partial charge is 0.422 e. The van der Waals surface area contributed by atoms with Crippen molar-refractivity contribution < 1.29 is 22.7 Å². The summed E-state index contributed by atoms with van der Waals surface area (Å²) in [6.45, 7) is -1.39. The lowest BCUT2D eigenvalue weighted by atomic mass is 10.0. The number of pyridine rings is 1. The third-order valence-electron chi connectivity index (χ3n) is 2.60. The van der Waals surface area contributed by atoms with E-state index in [0.29, 0.717) is 11.3 Å². The molecule has 0 aliphatic carbocycles. The number of amides is 1. The van der Waals surface area contributed by atoms with Gasteiger partial charge in [0.05, 0.1) is 5.69 Å².